The number of thioether (sulfide) groups is 1. The van der Waals surface area contributed by atoms with Crippen LogP contribution in [-0.2, 0) is 6.42 Å². The van der Waals surface area contributed by atoms with Crippen molar-refractivity contribution in [2.45, 2.75) is 18.2 Å². The second-order valence-electron chi connectivity index (χ2n) is 6.21. The lowest BCUT2D eigenvalue weighted by Gasteiger charge is -2.12. The molecule has 29 heavy (non-hydrogen) atoms. The predicted molar refractivity (Wildman–Crippen MR) is 118 cm³/mol. The van der Waals surface area contributed by atoms with E-state index in [9.17, 15) is 4.79 Å². The number of carbonyl (C=O) groups excluding carboxylic acids is 1. The van der Waals surface area contributed by atoms with E-state index in [0.29, 0.717) is 23.7 Å². The Morgan fingerprint density at radius 2 is 1.93 bits per heavy atom. The smallest absolute Gasteiger partial charge is 0.256 e. The van der Waals surface area contributed by atoms with Crippen molar-refractivity contribution in [3.63, 3.8) is 0 Å². The summed E-state index contributed by atoms with van der Waals surface area (Å²) in [4.78, 5) is 19.3. The van der Waals surface area contributed by atoms with Crippen LogP contribution >= 0.6 is 23.1 Å². The molecule has 0 bridgehead atoms. The van der Waals surface area contributed by atoms with Crippen LogP contribution in [0.2, 0.25) is 0 Å². The molecule has 1 amide bonds. The number of rotatable bonds is 7. The number of aromatic nitrogens is 2. The monoisotopic (exact) mass is 421 g/mol. The molecule has 2 heterocycles. The third-order valence-corrected chi connectivity index (χ3v) is 6.07. The highest BCUT2D eigenvalue weighted by molar-refractivity contribution is 7.99. The van der Waals surface area contributed by atoms with E-state index in [1.165, 1.54) is 0 Å². The molecule has 0 saturated carbocycles. The minimum atomic E-state index is -0.126. The van der Waals surface area contributed by atoms with E-state index in [1.54, 1.807) is 23.1 Å². The minimum Gasteiger partial charge on any atom is -0.339 e. The quantitative estimate of drug-likeness (QED) is 0.385. The first-order valence-electron chi connectivity index (χ1n) is 9.22. The molecule has 0 saturated heterocycles. The van der Waals surface area contributed by atoms with Gasteiger partial charge in [-0.05, 0) is 41.0 Å². The summed E-state index contributed by atoms with van der Waals surface area (Å²) in [5, 5.41) is 9.08. The molecule has 5 nitrogen and oxygen atoms in total. The lowest BCUT2D eigenvalue weighted by atomic mass is 10.1. The van der Waals surface area contributed by atoms with Gasteiger partial charge in [0.25, 0.3) is 5.91 Å². The molecule has 146 valence electrons. The minimum absolute atomic E-state index is 0.126. The summed E-state index contributed by atoms with van der Waals surface area (Å²) in [5.74, 6) is 1.88. The van der Waals surface area contributed by atoms with Crippen molar-refractivity contribution in [1.82, 2.24) is 10.1 Å². The topological polar surface area (TPSA) is 68.0 Å². The summed E-state index contributed by atoms with van der Waals surface area (Å²) in [7, 11) is 0. The van der Waals surface area contributed by atoms with Gasteiger partial charge in [0.1, 0.15) is 0 Å². The van der Waals surface area contributed by atoms with Crippen LogP contribution in [0.4, 0.5) is 5.69 Å². The van der Waals surface area contributed by atoms with Crippen LogP contribution in [0.1, 0.15) is 28.7 Å². The van der Waals surface area contributed by atoms with Crippen molar-refractivity contribution in [2.24, 2.45) is 0 Å². The van der Waals surface area contributed by atoms with Gasteiger partial charge in [0.15, 0.2) is 0 Å². The lowest BCUT2D eigenvalue weighted by molar-refractivity contribution is 0.102. The van der Waals surface area contributed by atoms with E-state index < -0.39 is 0 Å². The number of nitrogens with zero attached hydrogens (tertiary/aromatic N) is 2. The number of anilines is 1. The van der Waals surface area contributed by atoms with Gasteiger partial charge in [0.05, 0.1) is 16.9 Å². The maximum absolute atomic E-state index is 12.9. The van der Waals surface area contributed by atoms with E-state index in [-0.39, 0.29) is 5.91 Å². The van der Waals surface area contributed by atoms with Crippen LogP contribution in [0.3, 0.4) is 0 Å². The zero-order chi connectivity index (χ0) is 20.1. The van der Waals surface area contributed by atoms with E-state index >= 15 is 0 Å². The van der Waals surface area contributed by atoms with Crippen molar-refractivity contribution in [1.29, 1.82) is 0 Å². The highest BCUT2D eigenvalue weighted by atomic mass is 32.2. The molecule has 7 heteroatoms. The van der Waals surface area contributed by atoms with E-state index in [2.05, 4.69) is 22.4 Å². The normalized spacial score (nSPS) is 10.8. The zero-order valence-electron chi connectivity index (χ0n) is 15.8. The molecule has 0 aliphatic rings. The zero-order valence-corrected chi connectivity index (χ0v) is 17.4. The molecule has 1 N–H and O–H groups in total. The third kappa shape index (κ3) is 4.58. The van der Waals surface area contributed by atoms with Crippen molar-refractivity contribution in [2.75, 3.05) is 11.1 Å². The molecule has 0 atom stereocenters. The van der Waals surface area contributed by atoms with Crippen LogP contribution in [0.15, 0.2) is 75.5 Å². The molecule has 0 radical (unpaired) electrons. The maximum atomic E-state index is 12.9. The first kappa shape index (κ1) is 19.4. The average Bonchev–Trinajstić information content (AvgIpc) is 3.42. The Bertz CT molecular complexity index is 1110. The van der Waals surface area contributed by atoms with Crippen molar-refractivity contribution < 1.29 is 9.32 Å². The first-order valence-corrected chi connectivity index (χ1v) is 11.1. The molecule has 2 aromatic heterocycles. The summed E-state index contributed by atoms with van der Waals surface area (Å²) in [6, 6.07) is 19.2. The fraction of sp³-hybridized carbons (Fsp3) is 0.136. The summed E-state index contributed by atoms with van der Waals surface area (Å²) in [5.41, 5.74) is 2.33. The molecular formula is C22H19N3O2S2. The van der Waals surface area contributed by atoms with Gasteiger partial charge < -0.3 is 9.84 Å². The van der Waals surface area contributed by atoms with Crippen molar-refractivity contribution in [3.05, 3.63) is 83.1 Å². The third-order valence-electron chi connectivity index (χ3n) is 4.25. The summed E-state index contributed by atoms with van der Waals surface area (Å²) in [6.07, 6.45) is 0.445. The molecule has 0 aliphatic carbocycles. The molecule has 0 fully saturated rings. The first-order chi connectivity index (χ1) is 14.2. The van der Waals surface area contributed by atoms with Gasteiger partial charge in [-0.2, -0.15) is 4.98 Å². The Kier molecular flexibility index (Phi) is 6.07. The van der Waals surface area contributed by atoms with Crippen molar-refractivity contribution >= 4 is 34.7 Å². The van der Waals surface area contributed by atoms with E-state index in [4.69, 9.17) is 4.52 Å². The van der Waals surface area contributed by atoms with Crippen LogP contribution in [0, 0.1) is 0 Å². The summed E-state index contributed by atoms with van der Waals surface area (Å²) >= 11 is 3.22. The van der Waals surface area contributed by atoms with Crippen molar-refractivity contribution in [3.8, 4) is 10.7 Å². The standard InChI is InChI=1S/C22H19N3O2S2/c1-2-28-18-11-6-4-9-16(18)22(26)23-17-10-5-3-8-15(17)14-20-24-21(25-27-20)19-12-7-13-29-19/h3-13H,2,14H2,1H3,(H,23,26). The van der Waals surface area contributed by atoms with E-state index in [0.717, 1.165) is 26.8 Å². The summed E-state index contributed by atoms with van der Waals surface area (Å²) < 4.78 is 5.42. The number of para-hydroxylation sites is 1. The number of benzene rings is 2. The van der Waals surface area contributed by atoms with Gasteiger partial charge >= 0.3 is 0 Å². The van der Waals surface area contributed by atoms with Gasteiger partial charge in [-0.1, -0.05) is 48.5 Å². The van der Waals surface area contributed by atoms with Gasteiger partial charge in [-0.3, -0.25) is 4.79 Å². The number of nitrogens with one attached hydrogen (secondary N) is 1. The number of thiophene rings is 1. The Hall–Kier alpha value is -2.90. The van der Waals surface area contributed by atoms with Gasteiger partial charge in [0, 0.05) is 10.6 Å². The van der Waals surface area contributed by atoms with Crippen LogP contribution in [-0.4, -0.2) is 21.8 Å². The van der Waals surface area contributed by atoms with Crippen LogP contribution in [0.25, 0.3) is 10.7 Å². The number of hydrogen-bond acceptors (Lipinski definition) is 6. The second-order valence-corrected chi connectivity index (χ2v) is 8.46. The Labute approximate surface area is 177 Å². The molecular weight excluding hydrogens is 402 g/mol. The van der Waals surface area contributed by atoms with Gasteiger partial charge in [-0.15, -0.1) is 23.1 Å². The number of carbonyl (C=O) groups is 1. The molecule has 0 unspecified atom stereocenters. The number of hydrogen-bond donors (Lipinski definition) is 1. The largest absolute Gasteiger partial charge is 0.339 e. The fourth-order valence-corrected chi connectivity index (χ4v) is 4.37. The number of amides is 1. The van der Waals surface area contributed by atoms with Gasteiger partial charge in [-0.25, -0.2) is 0 Å². The fourth-order valence-electron chi connectivity index (χ4n) is 2.92. The average molecular weight is 422 g/mol. The molecule has 4 aromatic rings. The molecule has 0 spiro atoms. The van der Waals surface area contributed by atoms with Gasteiger partial charge in [0.2, 0.25) is 11.7 Å². The Morgan fingerprint density at radius 1 is 1.10 bits per heavy atom. The SMILES string of the molecule is CCSc1ccccc1C(=O)Nc1ccccc1Cc1nc(-c2cccs2)no1. The predicted octanol–water partition coefficient (Wildman–Crippen LogP) is 5.75. The Balaban J connectivity index is 1.54. The second kappa shape index (κ2) is 9.07. The lowest BCUT2D eigenvalue weighted by Crippen LogP contribution is -2.14. The molecule has 2 aromatic carbocycles. The van der Waals surface area contributed by atoms with E-state index in [1.807, 2.05) is 66.0 Å². The highest BCUT2D eigenvalue weighted by Crippen LogP contribution is 2.26. The summed E-state index contributed by atoms with van der Waals surface area (Å²) in [6.45, 7) is 2.07. The molecule has 0 aliphatic heterocycles. The van der Waals surface area contributed by atoms with Crippen LogP contribution in [0.5, 0.6) is 0 Å². The molecule has 4 rings (SSSR count). The Morgan fingerprint density at radius 3 is 2.76 bits per heavy atom. The highest BCUT2D eigenvalue weighted by Gasteiger charge is 2.15. The van der Waals surface area contributed by atoms with Crippen LogP contribution < -0.4 is 5.32 Å². The maximum Gasteiger partial charge on any atom is 0.256 e.